The van der Waals surface area contributed by atoms with Gasteiger partial charge in [0, 0.05) is 12.1 Å². The van der Waals surface area contributed by atoms with Crippen LogP contribution in [0.3, 0.4) is 0 Å². The molecule has 2 nitrogen and oxygen atoms in total. The smallest absolute Gasteiger partial charge is 0.0306 e. The summed E-state index contributed by atoms with van der Waals surface area (Å²) in [5, 5.41) is 3.56. The van der Waals surface area contributed by atoms with E-state index >= 15 is 0 Å². The van der Waals surface area contributed by atoms with Crippen LogP contribution in [0.15, 0.2) is 0 Å². The van der Waals surface area contributed by atoms with E-state index in [4.69, 9.17) is 0 Å². The zero-order chi connectivity index (χ0) is 9.15. The third-order valence-electron chi connectivity index (χ3n) is 3.82. The van der Waals surface area contributed by atoms with Crippen LogP contribution in [-0.2, 0) is 0 Å². The molecule has 2 fully saturated rings. The summed E-state index contributed by atoms with van der Waals surface area (Å²) in [5.41, 5.74) is 0.477. The molecule has 0 aromatic heterocycles. The van der Waals surface area contributed by atoms with E-state index in [0.29, 0.717) is 5.54 Å². The average Bonchev–Trinajstić information content (AvgIpc) is 2.77. The van der Waals surface area contributed by atoms with E-state index < -0.39 is 0 Å². The number of rotatable bonds is 3. The quantitative estimate of drug-likeness (QED) is 0.713. The normalized spacial score (nSPS) is 28.4. The molecule has 0 radical (unpaired) electrons. The van der Waals surface area contributed by atoms with Crippen LogP contribution in [0.1, 0.15) is 38.5 Å². The topological polar surface area (TPSA) is 15.3 Å². The molecular formula is C11H22N2. The van der Waals surface area contributed by atoms with Gasteiger partial charge in [-0.3, -0.25) is 0 Å². The lowest BCUT2D eigenvalue weighted by Crippen LogP contribution is -2.49. The van der Waals surface area contributed by atoms with Gasteiger partial charge in [-0.1, -0.05) is 12.8 Å². The number of likely N-dealkylation sites (tertiary alicyclic amines) is 1. The minimum atomic E-state index is 0.477. The summed E-state index contributed by atoms with van der Waals surface area (Å²) in [6.45, 7) is 3.97. The highest BCUT2D eigenvalue weighted by Crippen LogP contribution is 2.30. The van der Waals surface area contributed by atoms with E-state index in [1.165, 1.54) is 58.2 Å². The molecule has 0 amide bonds. The Morgan fingerprint density at radius 1 is 1.08 bits per heavy atom. The van der Waals surface area contributed by atoms with E-state index in [2.05, 4.69) is 17.3 Å². The lowest BCUT2D eigenvalue weighted by Gasteiger charge is -2.33. The van der Waals surface area contributed by atoms with E-state index in [1.807, 2.05) is 0 Å². The molecular weight excluding hydrogens is 160 g/mol. The largest absolute Gasteiger partial charge is 0.313 e. The van der Waals surface area contributed by atoms with Crippen LogP contribution in [0, 0.1) is 0 Å². The van der Waals surface area contributed by atoms with Gasteiger partial charge in [-0.05, 0) is 45.8 Å². The summed E-state index contributed by atoms with van der Waals surface area (Å²) < 4.78 is 0. The zero-order valence-corrected chi connectivity index (χ0v) is 8.81. The second-order valence-electron chi connectivity index (χ2n) is 4.72. The van der Waals surface area contributed by atoms with Crippen LogP contribution >= 0.6 is 0 Å². The van der Waals surface area contributed by atoms with Crippen molar-refractivity contribution in [3.8, 4) is 0 Å². The molecule has 76 valence electrons. The molecule has 2 rings (SSSR count). The molecule has 0 unspecified atom stereocenters. The molecule has 13 heavy (non-hydrogen) atoms. The van der Waals surface area contributed by atoms with Crippen molar-refractivity contribution in [1.29, 1.82) is 0 Å². The molecule has 0 bridgehead atoms. The van der Waals surface area contributed by atoms with Crippen molar-refractivity contribution in [2.45, 2.75) is 44.1 Å². The summed E-state index contributed by atoms with van der Waals surface area (Å²) in [7, 11) is 2.14. The predicted octanol–water partition coefficient (Wildman–Crippen LogP) is 1.61. The molecule has 1 saturated heterocycles. The first-order valence-corrected chi connectivity index (χ1v) is 5.76. The molecule has 2 heteroatoms. The van der Waals surface area contributed by atoms with Crippen molar-refractivity contribution >= 4 is 0 Å². The summed E-state index contributed by atoms with van der Waals surface area (Å²) in [6.07, 6.45) is 8.46. The zero-order valence-electron chi connectivity index (χ0n) is 8.81. The van der Waals surface area contributed by atoms with Gasteiger partial charge < -0.3 is 10.2 Å². The number of hydrogen-bond donors (Lipinski definition) is 1. The first-order valence-electron chi connectivity index (χ1n) is 5.76. The Kier molecular flexibility index (Phi) is 2.89. The number of hydrogen-bond acceptors (Lipinski definition) is 2. The van der Waals surface area contributed by atoms with Gasteiger partial charge in [-0.15, -0.1) is 0 Å². The Bertz CT molecular complexity index is 155. The van der Waals surface area contributed by atoms with Crippen LogP contribution in [0.5, 0.6) is 0 Å². The first-order chi connectivity index (χ1) is 6.35. The first kappa shape index (κ1) is 9.47. The number of likely N-dealkylation sites (N-methyl/N-ethyl adjacent to an activating group) is 1. The van der Waals surface area contributed by atoms with E-state index in [-0.39, 0.29) is 0 Å². The van der Waals surface area contributed by atoms with Crippen molar-refractivity contribution in [2.24, 2.45) is 0 Å². The maximum Gasteiger partial charge on any atom is 0.0306 e. The van der Waals surface area contributed by atoms with Crippen molar-refractivity contribution in [3.05, 3.63) is 0 Å². The van der Waals surface area contributed by atoms with Gasteiger partial charge in [0.2, 0.25) is 0 Å². The molecule has 1 N–H and O–H groups in total. The number of nitrogens with one attached hydrogen (secondary N) is 1. The van der Waals surface area contributed by atoms with Crippen molar-refractivity contribution < 1.29 is 0 Å². The summed E-state index contributed by atoms with van der Waals surface area (Å²) >= 11 is 0. The fourth-order valence-electron chi connectivity index (χ4n) is 2.91. The fourth-order valence-corrected chi connectivity index (χ4v) is 2.91. The van der Waals surface area contributed by atoms with Gasteiger partial charge in [-0.2, -0.15) is 0 Å². The van der Waals surface area contributed by atoms with Crippen molar-refractivity contribution in [2.75, 3.05) is 26.7 Å². The Morgan fingerprint density at radius 3 is 2.23 bits per heavy atom. The highest BCUT2D eigenvalue weighted by atomic mass is 15.2. The standard InChI is InChI=1S/C11H22N2/c1-12-11(6-2-3-7-11)10-13-8-4-5-9-13/h12H,2-10H2,1H3. The highest BCUT2D eigenvalue weighted by Gasteiger charge is 2.34. The van der Waals surface area contributed by atoms with E-state index in [9.17, 15) is 0 Å². The Hall–Kier alpha value is -0.0800. The summed E-state index contributed by atoms with van der Waals surface area (Å²) in [6, 6.07) is 0. The van der Waals surface area contributed by atoms with Crippen LogP contribution in [0.25, 0.3) is 0 Å². The van der Waals surface area contributed by atoms with Crippen LogP contribution in [-0.4, -0.2) is 37.1 Å². The minimum Gasteiger partial charge on any atom is -0.313 e. The van der Waals surface area contributed by atoms with Gasteiger partial charge in [0.05, 0.1) is 0 Å². The molecule has 0 spiro atoms. The maximum atomic E-state index is 3.56. The van der Waals surface area contributed by atoms with Gasteiger partial charge >= 0.3 is 0 Å². The third-order valence-corrected chi connectivity index (χ3v) is 3.82. The second kappa shape index (κ2) is 3.97. The molecule has 0 aromatic carbocycles. The van der Waals surface area contributed by atoms with Gasteiger partial charge in [-0.25, -0.2) is 0 Å². The molecule has 0 atom stereocenters. The number of nitrogens with zero attached hydrogens (tertiary/aromatic N) is 1. The Labute approximate surface area is 81.7 Å². The third kappa shape index (κ3) is 2.05. The molecule has 1 aliphatic carbocycles. The van der Waals surface area contributed by atoms with Crippen molar-refractivity contribution in [1.82, 2.24) is 10.2 Å². The Balaban J connectivity index is 1.88. The highest BCUT2D eigenvalue weighted by molar-refractivity contribution is 4.94. The minimum absolute atomic E-state index is 0.477. The van der Waals surface area contributed by atoms with Gasteiger partial charge in [0.15, 0.2) is 0 Å². The lowest BCUT2D eigenvalue weighted by molar-refractivity contribution is 0.218. The maximum absolute atomic E-state index is 3.56. The Morgan fingerprint density at radius 2 is 1.69 bits per heavy atom. The predicted molar refractivity (Wildman–Crippen MR) is 55.9 cm³/mol. The van der Waals surface area contributed by atoms with E-state index in [0.717, 1.165) is 0 Å². The molecule has 1 aliphatic heterocycles. The molecule has 0 aromatic rings. The van der Waals surface area contributed by atoms with Crippen LogP contribution < -0.4 is 5.32 Å². The molecule has 1 saturated carbocycles. The monoisotopic (exact) mass is 182 g/mol. The van der Waals surface area contributed by atoms with Crippen LogP contribution in [0.4, 0.5) is 0 Å². The average molecular weight is 182 g/mol. The summed E-state index contributed by atoms with van der Waals surface area (Å²) in [4.78, 5) is 2.64. The van der Waals surface area contributed by atoms with Crippen molar-refractivity contribution in [3.63, 3.8) is 0 Å². The second-order valence-corrected chi connectivity index (χ2v) is 4.72. The SMILES string of the molecule is CNC1(CN2CCCC2)CCCC1. The summed E-state index contributed by atoms with van der Waals surface area (Å²) in [5.74, 6) is 0. The van der Waals surface area contributed by atoms with Crippen LogP contribution in [0.2, 0.25) is 0 Å². The fraction of sp³-hybridized carbons (Fsp3) is 1.00. The lowest BCUT2D eigenvalue weighted by atomic mass is 9.97. The molecule has 2 aliphatic rings. The molecule has 1 heterocycles. The van der Waals surface area contributed by atoms with E-state index in [1.54, 1.807) is 0 Å². The van der Waals surface area contributed by atoms with Gasteiger partial charge in [0.1, 0.15) is 0 Å². The van der Waals surface area contributed by atoms with Gasteiger partial charge in [0.25, 0.3) is 0 Å².